The van der Waals surface area contributed by atoms with Gasteiger partial charge in [-0.2, -0.15) is 0 Å². The Hall–Kier alpha value is -2.07. The van der Waals surface area contributed by atoms with Gasteiger partial charge in [-0.25, -0.2) is 4.79 Å². The van der Waals surface area contributed by atoms with E-state index in [0.29, 0.717) is 19.7 Å². The Bertz CT molecular complexity index is 641. The molecule has 0 spiro atoms. The quantitative estimate of drug-likeness (QED) is 0.918. The number of likely N-dealkylation sites (N-methyl/N-ethyl adjacent to an activating group) is 1. The first-order valence-electron chi connectivity index (χ1n) is 7.41. The largest absolute Gasteiger partial charge is 0.448 e. The van der Waals surface area contributed by atoms with Gasteiger partial charge >= 0.3 is 6.09 Å². The summed E-state index contributed by atoms with van der Waals surface area (Å²) in [5.41, 5.74) is 1.20. The fourth-order valence-electron chi connectivity index (χ4n) is 2.77. The number of rotatable bonds is 5. The molecule has 0 radical (unpaired) electrons. The van der Waals surface area contributed by atoms with E-state index in [0.717, 1.165) is 6.54 Å². The highest BCUT2D eigenvalue weighted by Crippen LogP contribution is 2.22. The molecule has 1 unspecified atom stereocenters. The zero-order valence-electron chi connectivity index (χ0n) is 12.2. The number of cyclic esters (lactones) is 1. The molecule has 21 heavy (non-hydrogen) atoms. The molecule has 1 saturated heterocycles. The second-order valence-corrected chi connectivity index (χ2v) is 5.28. The van der Waals surface area contributed by atoms with Crippen molar-refractivity contribution in [1.82, 2.24) is 10.2 Å². The highest BCUT2D eigenvalue weighted by molar-refractivity contribution is 5.83. The van der Waals surface area contributed by atoms with Crippen LogP contribution in [0.25, 0.3) is 10.8 Å². The van der Waals surface area contributed by atoms with Crippen molar-refractivity contribution in [3.63, 3.8) is 0 Å². The molecule has 1 aliphatic rings. The summed E-state index contributed by atoms with van der Waals surface area (Å²) in [6.07, 6.45) is -0.210. The zero-order valence-corrected chi connectivity index (χ0v) is 12.2. The predicted octanol–water partition coefficient (Wildman–Crippen LogP) is 2.94. The Morgan fingerprint density at radius 1 is 1.24 bits per heavy atom. The maximum Gasteiger partial charge on any atom is 0.410 e. The van der Waals surface area contributed by atoms with Crippen molar-refractivity contribution >= 4 is 16.9 Å². The van der Waals surface area contributed by atoms with Crippen LogP contribution in [0.5, 0.6) is 0 Å². The average molecular weight is 284 g/mol. The van der Waals surface area contributed by atoms with Gasteiger partial charge in [0.25, 0.3) is 0 Å². The number of hydrogen-bond donors (Lipinski definition) is 1. The summed E-state index contributed by atoms with van der Waals surface area (Å²) in [7, 11) is 0. The van der Waals surface area contributed by atoms with Crippen LogP contribution in [-0.4, -0.2) is 37.2 Å². The van der Waals surface area contributed by atoms with E-state index in [9.17, 15) is 4.79 Å². The van der Waals surface area contributed by atoms with E-state index in [2.05, 4.69) is 42.6 Å². The minimum atomic E-state index is -0.210. The molecule has 0 saturated carbocycles. The van der Waals surface area contributed by atoms with Gasteiger partial charge in [-0.3, -0.25) is 0 Å². The molecule has 4 nitrogen and oxygen atoms in total. The first-order chi connectivity index (χ1) is 10.3. The van der Waals surface area contributed by atoms with Crippen LogP contribution in [0.3, 0.4) is 0 Å². The number of carbonyl (C=O) groups excluding carboxylic acids is 1. The first kappa shape index (κ1) is 13.9. The van der Waals surface area contributed by atoms with Gasteiger partial charge in [-0.05, 0) is 28.9 Å². The minimum absolute atomic E-state index is 0.130. The van der Waals surface area contributed by atoms with Crippen LogP contribution >= 0.6 is 0 Å². The Kier molecular flexibility index (Phi) is 4.06. The van der Waals surface area contributed by atoms with Gasteiger partial charge in [0.05, 0.1) is 12.6 Å². The van der Waals surface area contributed by atoms with E-state index >= 15 is 0 Å². The van der Waals surface area contributed by atoms with Crippen LogP contribution in [-0.2, 0) is 4.74 Å². The third kappa shape index (κ3) is 3.00. The van der Waals surface area contributed by atoms with Crippen LogP contribution in [0.2, 0.25) is 0 Å². The number of fused-ring (bicyclic) bond motifs is 1. The smallest absolute Gasteiger partial charge is 0.410 e. The van der Waals surface area contributed by atoms with Crippen molar-refractivity contribution < 1.29 is 9.53 Å². The summed E-state index contributed by atoms with van der Waals surface area (Å²) in [5, 5.41) is 5.92. The Balaban J connectivity index is 1.85. The van der Waals surface area contributed by atoms with E-state index in [-0.39, 0.29) is 12.1 Å². The van der Waals surface area contributed by atoms with Gasteiger partial charge in [0.15, 0.2) is 0 Å². The summed E-state index contributed by atoms with van der Waals surface area (Å²) in [6, 6.07) is 14.9. The van der Waals surface area contributed by atoms with Crippen LogP contribution in [0.1, 0.15) is 18.5 Å². The van der Waals surface area contributed by atoms with Gasteiger partial charge in [0.2, 0.25) is 0 Å². The van der Waals surface area contributed by atoms with Gasteiger partial charge in [-0.15, -0.1) is 0 Å². The Morgan fingerprint density at radius 2 is 2.05 bits per heavy atom. The highest BCUT2D eigenvalue weighted by Gasteiger charge is 2.25. The number of nitrogens with zero attached hydrogens (tertiary/aromatic N) is 1. The molecule has 2 aromatic carbocycles. The molecule has 3 rings (SSSR count). The summed E-state index contributed by atoms with van der Waals surface area (Å²) < 4.78 is 5.01. The SMILES string of the molecule is CCNC(CN1CCOC1=O)c1ccc2ccccc2c1. The number of ether oxygens (including phenoxy) is 1. The molecule has 4 heteroatoms. The van der Waals surface area contributed by atoms with Crippen molar-refractivity contribution in [2.75, 3.05) is 26.2 Å². The predicted molar refractivity (Wildman–Crippen MR) is 83.3 cm³/mol. The summed E-state index contributed by atoms with van der Waals surface area (Å²) in [4.78, 5) is 13.4. The van der Waals surface area contributed by atoms with Crippen LogP contribution in [0, 0.1) is 0 Å². The van der Waals surface area contributed by atoms with E-state index < -0.39 is 0 Å². The molecule has 1 atom stereocenters. The number of nitrogens with one attached hydrogen (secondary N) is 1. The van der Waals surface area contributed by atoms with Crippen LogP contribution in [0.4, 0.5) is 4.79 Å². The average Bonchev–Trinajstić information content (AvgIpc) is 2.91. The van der Waals surface area contributed by atoms with E-state index in [1.165, 1.54) is 16.3 Å². The fourth-order valence-corrected chi connectivity index (χ4v) is 2.77. The van der Waals surface area contributed by atoms with E-state index in [1.807, 2.05) is 12.1 Å². The summed E-state index contributed by atoms with van der Waals surface area (Å²) >= 11 is 0. The van der Waals surface area contributed by atoms with Crippen molar-refractivity contribution in [3.05, 3.63) is 48.0 Å². The number of hydrogen-bond acceptors (Lipinski definition) is 3. The van der Waals surface area contributed by atoms with E-state index in [4.69, 9.17) is 4.74 Å². The van der Waals surface area contributed by atoms with Gasteiger partial charge < -0.3 is 15.0 Å². The van der Waals surface area contributed by atoms with Crippen molar-refractivity contribution in [2.45, 2.75) is 13.0 Å². The van der Waals surface area contributed by atoms with Gasteiger partial charge in [0, 0.05) is 6.54 Å². The third-order valence-corrected chi connectivity index (χ3v) is 3.87. The standard InChI is InChI=1S/C17H20N2O2/c1-2-18-16(12-19-9-10-21-17(19)20)15-8-7-13-5-3-4-6-14(13)11-15/h3-8,11,16,18H,2,9-10,12H2,1H3. The summed E-state index contributed by atoms with van der Waals surface area (Å²) in [6.45, 7) is 4.76. The Labute approximate surface area is 124 Å². The minimum Gasteiger partial charge on any atom is -0.448 e. The third-order valence-electron chi connectivity index (χ3n) is 3.87. The zero-order chi connectivity index (χ0) is 14.7. The molecule has 0 bridgehead atoms. The van der Waals surface area contributed by atoms with Crippen LogP contribution in [0.15, 0.2) is 42.5 Å². The maximum absolute atomic E-state index is 11.6. The van der Waals surface area contributed by atoms with Crippen molar-refractivity contribution in [1.29, 1.82) is 0 Å². The maximum atomic E-state index is 11.6. The molecule has 1 amide bonds. The van der Waals surface area contributed by atoms with Gasteiger partial charge in [0.1, 0.15) is 6.61 Å². The number of amides is 1. The fraction of sp³-hybridized carbons (Fsp3) is 0.353. The topological polar surface area (TPSA) is 41.6 Å². The number of carbonyl (C=O) groups is 1. The monoisotopic (exact) mass is 284 g/mol. The lowest BCUT2D eigenvalue weighted by Crippen LogP contribution is -2.35. The van der Waals surface area contributed by atoms with Gasteiger partial charge in [-0.1, -0.05) is 43.3 Å². The molecule has 110 valence electrons. The first-order valence-corrected chi connectivity index (χ1v) is 7.41. The molecule has 0 aliphatic carbocycles. The molecule has 1 N–H and O–H groups in total. The van der Waals surface area contributed by atoms with Crippen molar-refractivity contribution in [2.24, 2.45) is 0 Å². The van der Waals surface area contributed by atoms with E-state index in [1.54, 1.807) is 4.90 Å². The normalized spacial score (nSPS) is 16.2. The lowest BCUT2D eigenvalue weighted by molar-refractivity contribution is 0.156. The van der Waals surface area contributed by atoms with Crippen LogP contribution < -0.4 is 5.32 Å². The second kappa shape index (κ2) is 6.14. The molecular weight excluding hydrogens is 264 g/mol. The molecule has 1 fully saturated rings. The molecule has 1 heterocycles. The molecular formula is C17H20N2O2. The number of benzene rings is 2. The lowest BCUT2D eigenvalue weighted by atomic mass is 10.0. The highest BCUT2D eigenvalue weighted by atomic mass is 16.6. The second-order valence-electron chi connectivity index (χ2n) is 5.28. The summed E-state index contributed by atoms with van der Waals surface area (Å²) in [5.74, 6) is 0. The molecule has 1 aliphatic heterocycles. The Morgan fingerprint density at radius 3 is 2.76 bits per heavy atom. The molecule has 2 aromatic rings. The van der Waals surface area contributed by atoms with Crippen molar-refractivity contribution in [3.8, 4) is 0 Å². The molecule has 0 aromatic heterocycles. The lowest BCUT2D eigenvalue weighted by Gasteiger charge is -2.23.